The number of hydrogen-bond acceptors (Lipinski definition) is 4. The zero-order chi connectivity index (χ0) is 15.8. The van der Waals surface area contributed by atoms with Crippen LogP contribution in [0.15, 0.2) is 24.4 Å². The van der Waals surface area contributed by atoms with Crippen molar-refractivity contribution in [3.05, 3.63) is 35.7 Å². The fourth-order valence-corrected chi connectivity index (χ4v) is 1.52. The highest BCUT2D eigenvalue weighted by atomic mass is 16.4. The van der Waals surface area contributed by atoms with Gasteiger partial charge in [-0.2, -0.15) is 0 Å². The second kappa shape index (κ2) is 7.78. The van der Waals surface area contributed by atoms with Crippen molar-refractivity contribution in [2.75, 3.05) is 6.54 Å². The van der Waals surface area contributed by atoms with E-state index in [0.29, 0.717) is 5.56 Å². The zero-order valence-corrected chi connectivity index (χ0v) is 11.8. The molecule has 1 heterocycles. The van der Waals surface area contributed by atoms with Crippen LogP contribution >= 0.6 is 0 Å². The molecule has 7 nitrogen and oxygen atoms in total. The van der Waals surface area contributed by atoms with Gasteiger partial charge in [-0.25, -0.2) is 4.79 Å². The molecule has 21 heavy (non-hydrogen) atoms. The van der Waals surface area contributed by atoms with Gasteiger partial charge in [0.05, 0.1) is 6.54 Å². The number of hydrogen-bond donors (Lipinski definition) is 3. The minimum atomic E-state index is -1.12. The maximum absolute atomic E-state index is 12.0. The number of nitrogens with zero attached hydrogens (tertiary/aromatic N) is 1. The summed E-state index contributed by atoms with van der Waals surface area (Å²) in [4.78, 5) is 37.8. The van der Waals surface area contributed by atoms with E-state index in [-0.39, 0.29) is 24.2 Å². The van der Waals surface area contributed by atoms with Crippen molar-refractivity contribution in [3.63, 3.8) is 0 Å². The third-order valence-corrected chi connectivity index (χ3v) is 2.32. The van der Waals surface area contributed by atoms with E-state index < -0.39 is 11.9 Å². The van der Waals surface area contributed by atoms with Gasteiger partial charge in [-0.15, -0.1) is 0 Å². The van der Waals surface area contributed by atoms with Crippen LogP contribution in [-0.2, 0) is 9.59 Å². The first-order chi connectivity index (χ1) is 9.90. The van der Waals surface area contributed by atoms with Crippen molar-refractivity contribution in [1.29, 1.82) is 0 Å². The number of aromatic nitrogens is 1. The first kappa shape index (κ1) is 16.4. The van der Waals surface area contributed by atoms with E-state index >= 15 is 0 Å². The smallest absolute Gasteiger partial charge is 0.328 e. The highest BCUT2D eigenvalue weighted by molar-refractivity contribution is 5.98. The van der Waals surface area contributed by atoms with Crippen LogP contribution in [0.2, 0.25) is 0 Å². The number of carbonyl (C=O) groups is 3. The number of carboxylic acids is 1. The van der Waals surface area contributed by atoms with Gasteiger partial charge in [0.15, 0.2) is 0 Å². The van der Waals surface area contributed by atoms with Crippen LogP contribution in [0.1, 0.15) is 29.9 Å². The molecular weight excluding hydrogens is 274 g/mol. The van der Waals surface area contributed by atoms with Crippen molar-refractivity contribution in [2.45, 2.75) is 19.9 Å². The molecule has 0 aliphatic carbocycles. The van der Waals surface area contributed by atoms with Gasteiger partial charge in [-0.3, -0.25) is 14.6 Å². The molecule has 3 N–H and O–H groups in total. The highest BCUT2D eigenvalue weighted by Gasteiger charge is 2.12. The third kappa shape index (κ3) is 5.85. The van der Waals surface area contributed by atoms with Gasteiger partial charge < -0.3 is 15.7 Å². The number of carboxylic acid groups (broad SMARTS) is 1. The van der Waals surface area contributed by atoms with Crippen LogP contribution in [-0.4, -0.2) is 40.5 Å². The van der Waals surface area contributed by atoms with Gasteiger partial charge in [0.25, 0.3) is 5.91 Å². The maximum Gasteiger partial charge on any atom is 0.328 e. The Morgan fingerprint density at radius 1 is 1.38 bits per heavy atom. The summed E-state index contributed by atoms with van der Waals surface area (Å²) in [5.41, 5.74) is 0.425. The molecule has 112 valence electrons. The molecule has 0 radical (unpaired) electrons. The Morgan fingerprint density at radius 3 is 2.71 bits per heavy atom. The summed E-state index contributed by atoms with van der Waals surface area (Å²) < 4.78 is 0. The average molecular weight is 291 g/mol. The summed E-state index contributed by atoms with van der Waals surface area (Å²) in [6.07, 6.45) is 3.61. The van der Waals surface area contributed by atoms with Crippen LogP contribution in [0.4, 0.5) is 0 Å². The zero-order valence-electron chi connectivity index (χ0n) is 11.8. The van der Waals surface area contributed by atoms with Gasteiger partial charge in [0, 0.05) is 23.9 Å². The van der Waals surface area contributed by atoms with E-state index in [4.69, 9.17) is 5.11 Å². The number of carbonyl (C=O) groups excluding carboxylic acids is 2. The summed E-state index contributed by atoms with van der Waals surface area (Å²) >= 11 is 0. The third-order valence-electron chi connectivity index (χ3n) is 2.32. The molecule has 2 amide bonds. The highest BCUT2D eigenvalue weighted by Crippen LogP contribution is 2.07. The van der Waals surface area contributed by atoms with Gasteiger partial charge in [-0.05, 0) is 26.0 Å². The lowest BCUT2D eigenvalue weighted by molar-refractivity contribution is -0.131. The Hall–Kier alpha value is -2.70. The molecule has 0 saturated carbocycles. The van der Waals surface area contributed by atoms with Crippen molar-refractivity contribution >= 4 is 23.9 Å². The molecule has 0 spiro atoms. The molecule has 0 saturated heterocycles. The molecular formula is C14H17N3O4. The fraction of sp³-hybridized carbons (Fsp3) is 0.286. The Labute approximate surface area is 122 Å². The van der Waals surface area contributed by atoms with Crippen molar-refractivity contribution in [1.82, 2.24) is 15.6 Å². The lowest BCUT2D eigenvalue weighted by Crippen LogP contribution is -2.40. The monoisotopic (exact) mass is 291 g/mol. The molecule has 1 aromatic rings. The van der Waals surface area contributed by atoms with Gasteiger partial charge >= 0.3 is 5.97 Å². The second-order valence-corrected chi connectivity index (χ2v) is 4.52. The van der Waals surface area contributed by atoms with Gasteiger partial charge in [0.1, 0.15) is 5.69 Å². The van der Waals surface area contributed by atoms with E-state index in [1.807, 2.05) is 13.8 Å². The predicted molar refractivity (Wildman–Crippen MR) is 76.5 cm³/mol. The van der Waals surface area contributed by atoms with Crippen molar-refractivity contribution < 1.29 is 19.5 Å². The van der Waals surface area contributed by atoms with Crippen LogP contribution in [0.3, 0.4) is 0 Å². The summed E-state index contributed by atoms with van der Waals surface area (Å²) in [5, 5.41) is 13.7. The molecule has 0 aliphatic heterocycles. The molecule has 0 fully saturated rings. The quantitative estimate of drug-likeness (QED) is 0.659. The number of pyridine rings is 1. The second-order valence-electron chi connectivity index (χ2n) is 4.52. The van der Waals surface area contributed by atoms with Crippen LogP contribution in [0, 0.1) is 0 Å². The Balaban J connectivity index is 2.74. The van der Waals surface area contributed by atoms with Crippen LogP contribution < -0.4 is 10.6 Å². The maximum atomic E-state index is 12.0. The first-order valence-corrected chi connectivity index (χ1v) is 6.33. The Kier molecular flexibility index (Phi) is 6.06. The van der Waals surface area contributed by atoms with E-state index in [1.54, 1.807) is 12.1 Å². The standard InChI is InChI=1S/C14H17N3O4/c1-9(2)17-11(18)8-16-14(21)13-10(4-3-7-15-13)5-6-12(19)20/h3-7,9H,8H2,1-2H3,(H,16,21)(H,17,18)(H,19,20)/b6-5+. The minimum Gasteiger partial charge on any atom is -0.478 e. The normalized spacial score (nSPS) is 10.6. The molecule has 7 heteroatoms. The number of nitrogens with one attached hydrogen (secondary N) is 2. The summed E-state index contributed by atoms with van der Waals surface area (Å²) in [6.45, 7) is 3.45. The number of amides is 2. The Bertz CT molecular complexity index is 567. The Morgan fingerprint density at radius 2 is 2.10 bits per heavy atom. The summed E-state index contributed by atoms with van der Waals surface area (Å²) in [5.74, 6) is -1.97. The lowest BCUT2D eigenvalue weighted by Gasteiger charge is -2.09. The first-order valence-electron chi connectivity index (χ1n) is 6.33. The predicted octanol–water partition coefficient (Wildman–Crippen LogP) is 0.434. The number of aliphatic carboxylic acids is 1. The fourth-order valence-electron chi connectivity index (χ4n) is 1.52. The average Bonchev–Trinajstić information content (AvgIpc) is 2.42. The van der Waals surface area contributed by atoms with Crippen molar-refractivity contribution in [3.8, 4) is 0 Å². The van der Waals surface area contributed by atoms with E-state index in [1.165, 1.54) is 12.3 Å². The number of rotatable bonds is 6. The molecule has 0 aromatic carbocycles. The topological polar surface area (TPSA) is 108 Å². The molecule has 0 unspecified atom stereocenters. The van der Waals surface area contributed by atoms with Crippen LogP contribution in [0.25, 0.3) is 6.08 Å². The minimum absolute atomic E-state index is 0.0155. The summed E-state index contributed by atoms with van der Waals surface area (Å²) in [7, 11) is 0. The van der Waals surface area contributed by atoms with Crippen LogP contribution in [0.5, 0.6) is 0 Å². The van der Waals surface area contributed by atoms with E-state index in [2.05, 4.69) is 15.6 Å². The molecule has 0 bridgehead atoms. The summed E-state index contributed by atoms with van der Waals surface area (Å²) in [6, 6.07) is 3.14. The van der Waals surface area contributed by atoms with E-state index in [0.717, 1.165) is 6.08 Å². The largest absolute Gasteiger partial charge is 0.478 e. The van der Waals surface area contributed by atoms with Crippen molar-refractivity contribution in [2.24, 2.45) is 0 Å². The van der Waals surface area contributed by atoms with Gasteiger partial charge in [-0.1, -0.05) is 6.07 Å². The molecule has 1 rings (SSSR count). The molecule has 0 atom stereocenters. The lowest BCUT2D eigenvalue weighted by atomic mass is 10.1. The molecule has 1 aromatic heterocycles. The van der Waals surface area contributed by atoms with E-state index in [9.17, 15) is 14.4 Å². The van der Waals surface area contributed by atoms with Gasteiger partial charge in [0.2, 0.25) is 5.91 Å². The molecule has 0 aliphatic rings. The SMILES string of the molecule is CC(C)NC(=O)CNC(=O)c1ncccc1/C=C/C(=O)O.